The van der Waals surface area contributed by atoms with Gasteiger partial charge in [0.05, 0.1) is 23.3 Å². The first kappa shape index (κ1) is 25.5. The highest BCUT2D eigenvalue weighted by atomic mass is 16.2. The smallest absolute Gasteiger partial charge is 0.321 e. The van der Waals surface area contributed by atoms with E-state index in [0.717, 1.165) is 96.6 Å². The topological polar surface area (TPSA) is 126 Å². The lowest BCUT2D eigenvalue weighted by Crippen LogP contribution is -2.48. The number of likely N-dealkylation sites (N-methyl/N-ethyl adjacent to an activating group) is 1. The van der Waals surface area contributed by atoms with E-state index < -0.39 is 0 Å². The SMILES string of the molecule is CN1CCN(C(=O)Nc2cncc(-c3cnc4n[nH]c(-c5cc6c([nH]5)CCC=C6C(=O)N5CCCC5)c4c3)c2)CC1. The summed E-state index contributed by atoms with van der Waals surface area (Å²) < 4.78 is 0. The van der Waals surface area contributed by atoms with Crippen molar-refractivity contribution in [2.24, 2.45) is 0 Å². The number of aromatic nitrogens is 5. The molecule has 3 amide bonds. The molecular formula is C30H33N9O2. The Morgan fingerprint density at radius 1 is 0.927 bits per heavy atom. The molecule has 0 radical (unpaired) electrons. The molecule has 3 N–H and O–H groups in total. The van der Waals surface area contributed by atoms with Crippen LogP contribution in [0, 0.1) is 0 Å². The molecule has 11 heteroatoms. The molecule has 0 unspecified atom stereocenters. The highest BCUT2D eigenvalue weighted by Crippen LogP contribution is 2.35. The van der Waals surface area contributed by atoms with E-state index >= 15 is 0 Å². The molecule has 210 valence electrons. The molecule has 7 rings (SSSR count). The van der Waals surface area contributed by atoms with Gasteiger partial charge in [-0.15, -0.1) is 0 Å². The molecule has 11 nitrogen and oxygen atoms in total. The number of pyridine rings is 2. The number of nitrogens with zero attached hydrogens (tertiary/aromatic N) is 6. The molecule has 3 aliphatic rings. The van der Waals surface area contributed by atoms with Gasteiger partial charge < -0.3 is 25.0 Å². The number of aromatic amines is 2. The molecule has 6 heterocycles. The summed E-state index contributed by atoms with van der Waals surface area (Å²) >= 11 is 0. The van der Waals surface area contributed by atoms with Crippen molar-refractivity contribution >= 4 is 34.2 Å². The van der Waals surface area contributed by atoms with Crippen LogP contribution >= 0.6 is 0 Å². The van der Waals surface area contributed by atoms with Gasteiger partial charge in [-0.1, -0.05) is 6.08 Å². The van der Waals surface area contributed by atoms with Crippen molar-refractivity contribution in [1.82, 2.24) is 39.8 Å². The summed E-state index contributed by atoms with van der Waals surface area (Å²) in [4.78, 5) is 44.6. The molecule has 2 aliphatic heterocycles. The Labute approximate surface area is 237 Å². The van der Waals surface area contributed by atoms with Crippen LogP contribution in [0.15, 0.2) is 42.9 Å². The predicted molar refractivity (Wildman–Crippen MR) is 157 cm³/mol. The number of piperazine rings is 1. The number of fused-ring (bicyclic) bond motifs is 2. The minimum absolute atomic E-state index is 0.116. The lowest BCUT2D eigenvalue weighted by atomic mass is 9.95. The third kappa shape index (κ3) is 4.86. The molecule has 0 aromatic carbocycles. The molecule has 4 aromatic heterocycles. The number of carbonyl (C=O) groups excluding carboxylic acids is 2. The van der Waals surface area contributed by atoms with E-state index in [1.807, 2.05) is 21.9 Å². The molecule has 0 bridgehead atoms. The molecule has 41 heavy (non-hydrogen) atoms. The molecule has 2 fully saturated rings. The largest absolute Gasteiger partial charge is 0.357 e. The van der Waals surface area contributed by atoms with Gasteiger partial charge in [-0.25, -0.2) is 9.78 Å². The van der Waals surface area contributed by atoms with Crippen molar-refractivity contribution in [2.75, 3.05) is 51.6 Å². The molecular weight excluding hydrogens is 518 g/mol. The maximum Gasteiger partial charge on any atom is 0.321 e. The minimum atomic E-state index is -0.116. The number of anilines is 1. The number of hydrogen-bond donors (Lipinski definition) is 3. The Bertz CT molecular complexity index is 1660. The average Bonchev–Trinajstić information content (AvgIpc) is 3.76. The second-order valence-electron chi connectivity index (χ2n) is 11.1. The number of carbonyl (C=O) groups is 2. The van der Waals surface area contributed by atoms with Gasteiger partial charge in [0.1, 0.15) is 0 Å². The zero-order valence-electron chi connectivity index (χ0n) is 23.1. The summed E-state index contributed by atoms with van der Waals surface area (Å²) in [6.07, 6.45) is 11.1. The summed E-state index contributed by atoms with van der Waals surface area (Å²) in [6, 6.07) is 5.90. The van der Waals surface area contributed by atoms with Gasteiger partial charge in [-0.3, -0.25) is 14.9 Å². The third-order valence-electron chi connectivity index (χ3n) is 8.35. The predicted octanol–water partition coefficient (Wildman–Crippen LogP) is 3.75. The van der Waals surface area contributed by atoms with Crippen LogP contribution in [0.1, 0.15) is 30.5 Å². The first-order chi connectivity index (χ1) is 20.0. The van der Waals surface area contributed by atoms with Gasteiger partial charge in [0.15, 0.2) is 5.65 Å². The highest BCUT2D eigenvalue weighted by Gasteiger charge is 2.28. The van der Waals surface area contributed by atoms with Crippen LogP contribution in [-0.4, -0.2) is 98.1 Å². The Hall–Kier alpha value is -4.51. The van der Waals surface area contributed by atoms with Crippen molar-refractivity contribution in [1.29, 1.82) is 0 Å². The van der Waals surface area contributed by atoms with Gasteiger partial charge in [0.25, 0.3) is 5.91 Å². The summed E-state index contributed by atoms with van der Waals surface area (Å²) in [6.45, 7) is 4.79. The molecule has 2 saturated heterocycles. The summed E-state index contributed by atoms with van der Waals surface area (Å²) in [5.41, 5.74) is 7.49. The average molecular weight is 552 g/mol. The van der Waals surface area contributed by atoms with Crippen molar-refractivity contribution < 1.29 is 9.59 Å². The highest BCUT2D eigenvalue weighted by molar-refractivity contribution is 6.20. The molecule has 1 aliphatic carbocycles. The number of amides is 3. The van der Waals surface area contributed by atoms with Gasteiger partial charge >= 0.3 is 6.03 Å². The van der Waals surface area contributed by atoms with E-state index in [0.29, 0.717) is 24.4 Å². The normalized spacial score (nSPS) is 17.5. The summed E-state index contributed by atoms with van der Waals surface area (Å²) in [5.74, 6) is 0.125. The first-order valence-corrected chi connectivity index (χ1v) is 14.3. The number of H-pyrrole nitrogens is 2. The van der Waals surface area contributed by atoms with Crippen LogP contribution < -0.4 is 5.32 Å². The number of nitrogens with one attached hydrogen (secondary N) is 3. The number of hydrogen-bond acceptors (Lipinski definition) is 6. The second kappa shape index (κ2) is 10.5. The molecule has 4 aromatic rings. The van der Waals surface area contributed by atoms with Crippen molar-refractivity contribution in [3.63, 3.8) is 0 Å². The third-order valence-corrected chi connectivity index (χ3v) is 8.35. The number of likely N-dealkylation sites (tertiary alicyclic amines) is 1. The maximum atomic E-state index is 13.2. The first-order valence-electron chi connectivity index (χ1n) is 14.3. The van der Waals surface area contributed by atoms with E-state index in [1.165, 1.54) is 0 Å². The Morgan fingerprint density at radius 2 is 1.73 bits per heavy atom. The van der Waals surface area contributed by atoms with Crippen LogP contribution in [0.25, 0.3) is 39.1 Å². The maximum absolute atomic E-state index is 13.2. The number of urea groups is 1. The fourth-order valence-electron chi connectivity index (χ4n) is 5.97. The van der Waals surface area contributed by atoms with E-state index in [1.54, 1.807) is 18.6 Å². The molecule has 0 atom stereocenters. The fraction of sp³-hybridized carbons (Fsp3) is 0.367. The molecule has 0 saturated carbocycles. The number of aryl methyl sites for hydroxylation is 1. The van der Waals surface area contributed by atoms with Gasteiger partial charge in [0, 0.05) is 85.0 Å². The Balaban J connectivity index is 1.16. The van der Waals surface area contributed by atoms with Crippen LogP contribution in [0.3, 0.4) is 0 Å². The Kier molecular flexibility index (Phi) is 6.50. The fourth-order valence-corrected chi connectivity index (χ4v) is 5.97. The van der Waals surface area contributed by atoms with Crippen LogP contribution in [0.5, 0.6) is 0 Å². The second-order valence-corrected chi connectivity index (χ2v) is 11.1. The zero-order valence-corrected chi connectivity index (χ0v) is 23.1. The van der Waals surface area contributed by atoms with E-state index in [9.17, 15) is 9.59 Å². The van der Waals surface area contributed by atoms with Gasteiger partial charge in [0.2, 0.25) is 0 Å². The van der Waals surface area contributed by atoms with Crippen molar-refractivity contribution in [2.45, 2.75) is 25.7 Å². The van der Waals surface area contributed by atoms with Crippen molar-refractivity contribution in [3.05, 3.63) is 54.1 Å². The van der Waals surface area contributed by atoms with E-state index in [2.05, 4.69) is 54.6 Å². The summed E-state index contributed by atoms with van der Waals surface area (Å²) in [7, 11) is 2.06. The monoisotopic (exact) mass is 551 g/mol. The van der Waals surface area contributed by atoms with E-state index in [4.69, 9.17) is 0 Å². The quantitative estimate of drug-likeness (QED) is 0.355. The Morgan fingerprint density at radius 3 is 2.56 bits per heavy atom. The lowest BCUT2D eigenvalue weighted by Gasteiger charge is -2.32. The van der Waals surface area contributed by atoms with E-state index in [-0.39, 0.29) is 11.9 Å². The van der Waals surface area contributed by atoms with Gasteiger partial charge in [-0.2, -0.15) is 5.10 Å². The number of allylic oxidation sites excluding steroid dienone is 1. The molecule has 0 spiro atoms. The van der Waals surface area contributed by atoms with Gasteiger partial charge in [-0.05, 0) is 50.9 Å². The van der Waals surface area contributed by atoms with Crippen LogP contribution in [-0.2, 0) is 11.2 Å². The van der Waals surface area contributed by atoms with Crippen LogP contribution in [0.4, 0.5) is 10.5 Å². The zero-order chi connectivity index (χ0) is 27.9. The van der Waals surface area contributed by atoms with Crippen molar-refractivity contribution in [3.8, 4) is 22.5 Å². The lowest BCUT2D eigenvalue weighted by molar-refractivity contribution is -0.124. The number of rotatable bonds is 4. The standard InChI is InChI=1S/C30H33N9O2/c1-37-9-11-39(12-10-37)30(41)33-21-13-19(16-31-18-21)20-14-24-27(35-36-28(24)32-17-20)26-15-23-22(5-4-6-25(23)34-26)29(40)38-7-2-3-8-38/h5,13-18,34H,2-4,6-12H2,1H3,(H,33,41)(H,32,35,36). The minimum Gasteiger partial charge on any atom is -0.357 e. The van der Waals surface area contributed by atoms with Crippen LogP contribution in [0.2, 0.25) is 0 Å². The summed E-state index contributed by atoms with van der Waals surface area (Å²) in [5, 5.41) is 11.5.